The molecule has 3 atom stereocenters. The molecule has 4 aromatic rings. The number of carbonyl (C=O) groups excluding carboxylic acids is 4. The van der Waals surface area contributed by atoms with E-state index in [4.69, 9.17) is 0 Å². The van der Waals surface area contributed by atoms with Crippen molar-refractivity contribution in [3.05, 3.63) is 65.2 Å². The highest BCUT2D eigenvalue weighted by Gasteiger charge is 2.42. The van der Waals surface area contributed by atoms with Crippen molar-refractivity contribution < 1.29 is 19.2 Å². The van der Waals surface area contributed by atoms with Crippen LogP contribution in [0.3, 0.4) is 0 Å². The zero-order valence-electron chi connectivity index (χ0n) is 35.7. The maximum Gasteiger partial charge on any atom is 0.315 e. The number of imide groups is 1. The maximum absolute atomic E-state index is 13.1. The molecule has 4 aliphatic heterocycles. The fraction of sp³-hybridized carbons (Fsp3) is 0.581. The van der Waals surface area contributed by atoms with Crippen molar-refractivity contribution in [2.45, 2.75) is 88.8 Å². The minimum absolute atomic E-state index is 0.0553. The van der Waals surface area contributed by atoms with Gasteiger partial charge in [0, 0.05) is 104 Å². The van der Waals surface area contributed by atoms with Gasteiger partial charge < -0.3 is 26.6 Å². The number of hydrogen-bond donors (Lipinski definition) is 5. The lowest BCUT2D eigenvalue weighted by atomic mass is 9.93. The molecule has 5 N–H and O–H groups in total. The molecule has 2 aromatic carbocycles. The fourth-order valence-electron chi connectivity index (χ4n) is 9.04. The van der Waals surface area contributed by atoms with Gasteiger partial charge in [0.2, 0.25) is 5.91 Å². The second kappa shape index (κ2) is 20.9. The summed E-state index contributed by atoms with van der Waals surface area (Å²) in [6.07, 6.45) is 10.2. The molecule has 62 heavy (non-hydrogen) atoms. The van der Waals surface area contributed by atoms with E-state index in [1.807, 2.05) is 54.0 Å². The number of benzene rings is 2. The Morgan fingerprint density at radius 3 is 2.31 bits per heavy atom. The van der Waals surface area contributed by atoms with Crippen molar-refractivity contribution >= 4 is 46.3 Å². The summed E-state index contributed by atoms with van der Waals surface area (Å²) in [7, 11) is 0. The topological polar surface area (TPSA) is 200 Å². The van der Waals surface area contributed by atoms with Gasteiger partial charge in [0.1, 0.15) is 0 Å². The van der Waals surface area contributed by atoms with Crippen LogP contribution in [-0.2, 0) is 24.4 Å². The highest BCUT2D eigenvalue weighted by Crippen LogP contribution is 2.34. The number of unbranched alkanes of at least 4 members (excludes halogenated alkanes) is 1. The zero-order valence-corrected chi connectivity index (χ0v) is 36.5. The summed E-state index contributed by atoms with van der Waals surface area (Å²) in [5.41, 5.74) is 3.67. The van der Waals surface area contributed by atoms with Gasteiger partial charge >= 0.3 is 6.03 Å². The summed E-state index contributed by atoms with van der Waals surface area (Å²) in [6, 6.07) is 9.67. The standard InChI is InChI=1S/C43H60N14O4S/c1-2-56-41(59)33-10-5-9-32-36(14-13-34(39(32)33)42(56)60)57-28-31(50-52-57)26-54-21-7-16-44-18-23-53(20-6-15-45-19-24-54)25-30-27-55(51-49-30)22-8-17-46-38(58)12-4-3-11-37-40-35(29-62-37)47-43(61)48-40/h5,9-10,13-14,27-28,35,37,40,44-45H,2-4,6-8,11-12,15-26,29H2,1H3,(H,46,58)(H2,47,48,61)/t35-,37?,40-/m0/s1. The van der Waals surface area contributed by atoms with Crippen molar-refractivity contribution in [3.63, 3.8) is 0 Å². The molecule has 0 spiro atoms. The Bertz CT molecular complexity index is 2160. The van der Waals surface area contributed by atoms with Gasteiger partial charge in [-0.25, -0.2) is 9.48 Å². The number of carbonyl (C=O) groups is 4. The molecule has 5 amide bonds. The average Bonchev–Trinajstić information content (AvgIpc) is 4.08. The number of nitrogens with zero attached hydrogens (tertiary/aromatic N) is 9. The molecule has 0 saturated carbocycles. The predicted octanol–water partition coefficient (Wildman–Crippen LogP) is 2.14. The predicted molar refractivity (Wildman–Crippen MR) is 237 cm³/mol. The van der Waals surface area contributed by atoms with Gasteiger partial charge in [-0.3, -0.25) is 33.8 Å². The minimum Gasteiger partial charge on any atom is -0.356 e. The van der Waals surface area contributed by atoms with Crippen molar-refractivity contribution in [1.29, 1.82) is 0 Å². The molecule has 18 nitrogen and oxygen atoms in total. The number of urea groups is 1. The van der Waals surface area contributed by atoms with Crippen LogP contribution in [0.1, 0.15) is 84.0 Å². The van der Waals surface area contributed by atoms with Gasteiger partial charge in [0.05, 0.1) is 35.4 Å². The van der Waals surface area contributed by atoms with E-state index in [1.165, 1.54) is 4.90 Å². The molecular formula is C43H60N14O4S. The number of rotatable bonds is 15. The second-order valence-corrected chi connectivity index (χ2v) is 17.9. The lowest BCUT2D eigenvalue weighted by Gasteiger charge is -2.26. The summed E-state index contributed by atoms with van der Waals surface area (Å²) in [6.45, 7) is 12.1. The van der Waals surface area contributed by atoms with Crippen LogP contribution in [0.2, 0.25) is 0 Å². The average molecular weight is 869 g/mol. The Kier molecular flexibility index (Phi) is 14.8. The van der Waals surface area contributed by atoms with E-state index in [-0.39, 0.29) is 35.8 Å². The molecule has 0 aliphatic carbocycles. The molecule has 3 saturated heterocycles. The van der Waals surface area contributed by atoms with Gasteiger partial charge in [-0.2, -0.15) is 11.8 Å². The molecular weight excluding hydrogens is 809 g/mol. The molecule has 4 aliphatic rings. The molecule has 19 heteroatoms. The first-order chi connectivity index (χ1) is 30.3. The Labute approximate surface area is 366 Å². The molecule has 3 fully saturated rings. The normalized spacial score (nSPS) is 21.8. The molecule has 2 aromatic heterocycles. The van der Waals surface area contributed by atoms with Crippen LogP contribution in [0.5, 0.6) is 0 Å². The monoisotopic (exact) mass is 868 g/mol. The van der Waals surface area contributed by atoms with Crippen molar-refractivity contribution in [2.75, 3.05) is 71.2 Å². The van der Waals surface area contributed by atoms with Crippen LogP contribution < -0.4 is 26.6 Å². The Balaban J connectivity index is 0.736. The summed E-state index contributed by atoms with van der Waals surface area (Å²) in [5, 5.41) is 36.1. The third-order valence-corrected chi connectivity index (χ3v) is 13.8. The number of aryl methyl sites for hydroxylation is 1. The number of hydrogen-bond acceptors (Lipinski definition) is 13. The third-order valence-electron chi connectivity index (χ3n) is 12.3. The number of nitrogens with one attached hydrogen (secondary N) is 5. The SMILES string of the molecule is CCN1C(=O)c2cccc3c(-n4cc(CN5CCCNCCN(Cc6cn(CCCNC(=O)CCCCC7SC[C@@H]8NC(=O)N[C@H]78)nn6)CCCNCC5)nn4)ccc(c23)C1=O. The van der Waals surface area contributed by atoms with Crippen LogP contribution in [0, 0.1) is 0 Å². The van der Waals surface area contributed by atoms with Gasteiger partial charge in [0.15, 0.2) is 0 Å². The number of aromatic nitrogens is 6. The highest BCUT2D eigenvalue weighted by atomic mass is 32.2. The van der Waals surface area contributed by atoms with Crippen LogP contribution in [0.15, 0.2) is 42.7 Å². The molecule has 1 unspecified atom stereocenters. The first-order valence-electron chi connectivity index (χ1n) is 22.4. The van der Waals surface area contributed by atoms with E-state index in [0.29, 0.717) is 54.4 Å². The first kappa shape index (κ1) is 43.7. The quantitative estimate of drug-likeness (QED) is 0.0663. The molecule has 8 rings (SSSR count). The van der Waals surface area contributed by atoms with E-state index in [1.54, 1.807) is 16.8 Å². The zero-order chi connectivity index (χ0) is 42.8. The van der Waals surface area contributed by atoms with E-state index in [2.05, 4.69) is 57.0 Å². The number of fused-ring (bicyclic) bond motifs is 1. The van der Waals surface area contributed by atoms with Crippen LogP contribution in [-0.4, -0.2) is 157 Å². The molecule has 0 bridgehead atoms. The van der Waals surface area contributed by atoms with E-state index in [9.17, 15) is 19.2 Å². The molecule has 332 valence electrons. The van der Waals surface area contributed by atoms with Crippen molar-refractivity contribution in [3.8, 4) is 5.69 Å². The summed E-state index contributed by atoms with van der Waals surface area (Å²) in [4.78, 5) is 56.4. The largest absolute Gasteiger partial charge is 0.356 e. The summed E-state index contributed by atoms with van der Waals surface area (Å²) < 4.78 is 3.63. The molecule has 6 heterocycles. The lowest BCUT2D eigenvalue weighted by Crippen LogP contribution is -2.40. The smallest absolute Gasteiger partial charge is 0.315 e. The van der Waals surface area contributed by atoms with E-state index >= 15 is 0 Å². The Hall–Kier alpha value is -4.95. The van der Waals surface area contributed by atoms with Crippen molar-refractivity contribution in [1.82, 2.24) is 71.3 Å². The minimum atomic E-state index is -0.265. The van der Waals surface area contributed by atoms with Crippen LogP contribution in [0.4, 0.5) is 4.79 Å². The van der Waals surface area contributed by atoms with E-state index < -0.39 is 0 Å². The van der Waals surface area contributed by atoms with E-state index in [0.717, 1.165) is 126 Å². The second-order valence-electron chi connectivity index (χ2n) is 16.7. The fourth-order valence-corrected chi connectivity index (χ4v) is 10.6. The number of thioether (sulfide) groups is 1. The Morgan fingerprint density at radius 1 is 0.823 bits per heavy atom. The Morgan fingerprint density at radius 2 is 1.55 bits per heavy atom. The number of amides is 5. The van der Waals surface area contributed by atoms with Gasteiger partial charge in [-0.15, -0.1) is 10.2 Å². The lowest BCUT2D eigenvalue weighted by molar-refractivity contribution is -0.121. The first-order valence-corrected chi connectivity index (χ1v) is 23.4. The van der Waals surface area contributed by atoms with Crippen LogP contribution in [0.25, 0.3) is 16.5 Å². The summed E-state index contributed by atoms with van der Waals surface area (Å²) >= 11 is 1.92. The van der Waals surface area contributed by atoms with Gasteiger partial charge in [-0.1, -0.05) is 29.0 Å². The van der Waals surface area contributed by atoms with Crippen molar-refractivity contribution in [2.24, 2.45) is 0 Å². The highest BCUT2D eigenvalue weighted by molar-refractivity contribution is 8.00. The van der Waals surface area contributed by atoms with Gasteiger partial charge in [-0.05, 0) is 83.4 Å². The van der Waals surface area contributed by atoms with Gasteiger partial charge in [0.25, 0.3) is 11.8 Å². The van der Waals surface area contributed by atoms with Crippen LogP contribution >= 0.6 is 11.8 Å². The molecule has 0 radical (unpaired) electrons. The third kappa shape index (κ3) is 10.6. The summed E-state index contributed by atoms with van der Waals surface area (Å²) in [5.74, 6) is 0.522. The maximum atomic E-state index is 13.1.